The highest BCUT2D eigenvalue weighted by atomic mass is 16.6. The van der Waals surface area contributed by atoms with Crippen molar-refractivity contribution in [2.24, 2.45) is 5.92 Å². The van der Waals surface area contributed by atoms with E-state index in [1.807, 2.05) is 56.0 Å². The zero-order valence-electron chi connectivity index (χ0n) is 28.8. The van der Waals surface area contributed by atoms with Crippen LogP contribution in [-0.4, -0.2) is 77.4 Å². The molecule has 1 aliphatic heterocycles. The van der Waals surface area contributed by atoms with Crippen LogP contribution in [0.3, 0.4) is 0 Å². The first-order valence-corrected chi connectivity index (χ1v) is 17.5. The number of nitrogens with zero attached hydrogens (tertiary/aromatic N) is 6. The van der Waals surface area contributed by atoms with Gasteiger partial charge in [-0.1, -0.05) is 42.5 Å². The third kappa shape index (κ3) is 6.86. The Morgan fingerprint density at radius 2 is 1.82 bits per heavy atom. The molecule has 2 aromatic heterocycles. The molecule has 2 aromatic carbocycles. The third-order valence-corrected chi connectivity index (χ3v) is 10.5. The van der Waals surface area contributed by atoms with Crippen LogP contribution in [0.15, 0.2) is 65.8 Å². The maximum atomic E-state index is 13.6. The van der Waals surface area contributed by atoms with Crippen LogP contribution in [0.2, 0.25) is 0 Å². The topological polar surface area (TPSA) is 122 Å². The number of fused-ring (bicyclic) bond motifs is 2. The average Bonchev–Trinajstić information content (AvgIpc) is 3.68. The number of amides is 2. The maximum absolute atomic E-state index is 13.6. The molecular formula is C38H46N6O5. The van der Waals surface area contributed by atoms with E-state index in [4.69, 9.17) is 4.74 Å². The van der Waals surface area contributed by atoms with Crippen LogP contribution in [0.4, 0.5) is 4.79 Å². The smallest absolute Gasteiger partial charge is 0.410 e. The maximum Gasteiger partial charge on any atom is 0.410 e. The highest BCUT2D eigenvalue weighted by Crippen LogP contribution is 2.45. The van der Waals surface area contributed by atoms with Crippen molar-refractivity contribution < 1.29 is 19.4 Å². The highest BCUT2D eigenvalue weighted by Gasteiger charge is 2.38. The van der Waals surface area contributed by atoms with E-state index in [1.165, 1.54) is 29.3 Å². The third-order valence-electron chi connectivity index (χ3n) is 10.5. The van der Waals surface area contributed by atoms with Crippen LogP contribution in [0.25, 0.3) is 16.9 Å². The number of likely N-dealkylation sites (tertiary alicyclic amines) is 1. The highest BCUT2D eigenvalue weighted by molar-refractivity contribution is 5.77. The fourth-order valence-corrected chi connectivity index (χ4v) is 7.55. The van der Waals surface area contributed by atoms with E-state index in [-0.39, 0.29) is 41.7 Å². The minimum absolute atomic E-state index is 0.0730. The molecule has 1 saturated carbocycles. The van der Waals surface area contributed by atoms with E-state index < -0.39 is 11.2 Å². The van der Waals surface area contributed by atoms with Gasteiger partial charge in [-0.05, 0) is 93.9 Å². The normalized spacial score (nSPS) is 19.4. The number of aliphatic hydroxyl groups is 1. The van der Waals surface area contributed by atoms with E-state index in [0.29, 0.717) is 44.0 Å². The van der Waals surface area contributed by atoms with Gasteiger partial charge in [-0.25, -0.2) is 14.3 Å². The molecular weight excluding hydrogens is 620 g/mol. The number of hydrogen-bond acceptors (Lipinski definition) is 7. The van der Waals surface area contributed by atoms with Gasteiger partial charge >= 0.3 is 6.09 Å². The second-order valence-electron chi connectivity index (χ2n) is 15.2. The van der Waals surface area contributed by atoms with Crippen molar-refractivity contribution >= 4 is 17.6 Å². The van der Waals surface area contributed by atoms with E-state index in [0.717, 1.165) is 29.5 Å². The summed E-state index contributed by atoms with van der Waals surface area (Å²) >= 11 is 0. The summed E-state index contributed by atoms with van der Waals surface area (Å²) in [5.74, 6) is 0.938. The molecule has 11 nitrogen and oxygen atoms in total. The van der Waals surface area contributed by atoms with Gasteiger partial charge in [-0.2, -0.15) is 5.10 Å². The molecule has 2 atom stereocenters. The van der Waals surface area contributed by atoms with Gasteiger partial charge in [0, 0.05) is 32.1 Å². The summed E-state index contributed by atoms with van der Waals surface area (Å²) < 4.78 is 8.57. The van der Waals surface area contributed by atoms with Crippen molar-refractivity contribution in [3.8, 4) is 11.3 Å². The number of rotatable bonds is 8. The first kappa shape index (κ1) is 33.0. The molecule has 2 unspecified atom stereocenters. The SMILES string of the molecule is CN(C(=O)OC(C)(C)C)C1CCc2cc(-c3cnc4c(=O)n(CC5(O)CCN(C(=O)CC(c6ccccc6)C6CC6)CC5)cnn34)ccc21. The Balaban J connectivity index is 1.01. The first-order valence-electron chi connectivity index (χ1n) is 17.5. The van der Waals surface area contributed by atoms with Crippen LogP contribution in [-0.2, 0) is 22.5 Å². The average molecular weight is 667 g/mol. The molecule has 1 N–H and O–H groups in total. The first-order chi connectivity index (χ1) is 23.4. The number of carbonyl (C=O) groups is 2. The van der Waals surface area contributed by atoms with Crippen molar-refractivity contribution in [3.63, 3.8) is 0 Å². The Labute approximate surface area is 286 Å². The van der Waals surface area contributed by atoms with Gasteiger partial charge in [0.2, 0.25) is 11.6 Å². The van der Waals surface area contributed by atoms with Crippen molar-refractivity contribution in [2.45, 2.75) is 95.4 Å². The monoisotopic (exact) mass is 666 g/mol. The quantitative estimate of drug-likeness (QED) is 0.269. The number of aromatic nitrogens is 4. The Morgan fingerprint density at radius 3 is 2.51 bits per heavy atom. The van der Waals surface area contributed by atoms with Gasteiger partial charge in [-0.15, -0.1) is 0 Å². The predicted octanol–water partition coefficient (Wildman–Crippen LogP) is 5.35. The summed E-state index contributed by atoms with van der Waals surface area (Å²) in [6.07, 6.45) is 7.98. The van der Waals surface area contributed by atoms with Crippen LogP contribution in [0, 0.1) is 5.92 Å². The minimum atomic E-state index is -1.13. The summed E-state index contributed by atoms with van der Waals surface area (Å²) in [7, 11) is 1.78. The Hall–Kier alpha value is -4.51. The molecule has 2 fully saturated rings. The van der Waals surface area contributed by atoms with Gasteiger partial charge in [0.05, 0.1) is 30.1 Å². The van der Waals surface area contributed by atoms with Crippen LogP contribution >= 0.6 is 0 Å². The standard InChI is InChI=1S/C38H46N6O5/c1-37(2,3)49-36(47)41(4)31-15-13-27-20-28(12-14-29(27)31)32-22-39-34-35(46)43(24-40-44(32)34)23-38(48)16-18-42(19-17-38)33(45)21-30(26-10-11-26)25-8-6-5-7-9-25/h5-9,12,14,20,22,24,26,30-31,48H,10-11,13,15-19,21,23H2,1-4H3. The second kappa shape index (κ2) is 12.7. The van der Waals surface area contributed by atoms with E-state index in [9.17, 15) is 19.5 Å². The Bertz CT molecular complexity index is 1920. The molecule has 1 saturated heterocycles. The molecule has 3 heterocycles. The molecule has 49 heavy (non-hydrogen) atoms. The molecule has 0 radical (unpaired) electrons. The number of carbonyl (C=O) groups excluding carboxylic acids is 2. The number of imidazole rings is 1. The zero-order valence-corrected chi connectivity index (χ0v) is 28.8. The molecule has 2 amide bonds. The number of hydrogen-bond donors (Lipinski definition) is 1. The van der Waals surface area contributed by atoms with Gasteiger partial charge in [0.1, 0.15) is 11.9 Å². The lowest BCUT2D eigenvalue weighted by atomic mass is 9.88. The summed E-state index contributed by atoms with van der Waals surface area (Å²) in [5.41, 5.74) is 3.17. The molecule has 3 aliphatic rings. The molecule has 11 heteroatoms. The van der Waals surface area contributed by atoms with Crippen molar-refractivity contribution in [2.75, 3.05) is 20.1 Å². The fraction of sp³-hybridized carbons (Fsp3) is 0.500. The number of benzene rings is 2. The minimum Gasteiger partial charge on any atom is -0.444 e. The van der Waals surface area contributed by atoms with Crippen LogP contribution in [0.1, 0.15) is 87.9 Å². The van der Waals surface area contributed by atoms with E-state index in [2.05, 4.69) is 28.3 Å². The van der Waals surface area contributed by atoms with Gasteiger partial charge in [0.25, 0.3) is 5.56 Å². The van der Waals surface area contributed by atoms with Crippen molar-refractivity contribution in [3.05, 3.63) is 88.1 Å². The number of aryl methyl sites for hydroxylation is 1. The largest absolute Gasteiger partial charge is 0.444 e. The number of piperidine rings is 1. The van der Waals surface area contributed by atoms with E-state index in [1.54, 1.807) is 22.7 Å². The Kier molecular flexibility index (Phi) is 8.59. The summed E-state index contributed by atoms with van der Waals surface area (Å²) in [4.78, 5) is 47.6. The van der Waals surface area contributed by atoms with Crippen molar-refractivity contribution in [1.82, 2.24) is 29.0 Å². The molecule has 4 aromatic rings. The fourth-order valence-electron chi connectivity index (χ4n) is 7.55. The molecule has 0 bridgehead atoms. The molecule has 0 spiro atoms. The molecule has 258 valence electrons. The number of ether oxygens (including phenoxy) is 1. The summed E-state index contributed by atoms with van der Waals surface area (Å²) in [5, 5.41) is 16.1. The zero-order chi connectivity index (χ0) is 34.5. The van der Waals surface area contributed by atoms with Gasteiger partial charge < -0.3 is 19.6 Å². The molecule has 2 aliphatic carbocycles. The lowest BCUT2D eigenvalue weighted by Gasteiger charge is -2.38. The van der Waals surface area contributed by atoms with Crippen LogP contribution in [0.5, 0.6) is 0 Å². The summed E-state index contributed by atoms with van der Waals surface area (Å²) in [6, 6.07) is 16.3. The van der Waals surface area contributed by atoms with Crippen LogP contribution < -0.4 is 5.56 Å². The predicted molar refractivity (Wildman–Crippen MR) is 185 cm³/mol. The lowest BCUT2D eigenvalue weighted by Crippen LogP contribution is -2.50. The Morgan fingerprint density at radius 1 is 1.08 bits per heavy atom. The lowest BCUT2D eigenvalue weighted by molar-refractivity contribution is -0.136. The summed E-state index contributed by atoms with van der Waals surface area (Å²) in [6.45, 7) is 6.56. The second-order valence-corrected chi connectivity index (χ2v) is 15.2. The van der Waals surface area contributed by atoms with Gasteiger partial charge in [-0.3, -0.25) is 14.2 Å². The van der Waals surface area contributed by atoms with Gasteiger partial charge in [0.15, 0.2) is 0 Å². The van der Waals surface area contributed by atoms with Crippen molar-refractivity contribution in [1.29, 1.82) is 0 Å². The van der Waals surface area contributed by atoms with E-state index >= 15 is 0 Å². The molecule has 7 rings (SSSR count).